The molecule has 2 N–H and O–H groups in total. The maximum Gasteiger partial charge on any atom is 0.269 e. The average molecular weight is 405 g/mol. The van der Waals surface area contributed by atoms with E-state index in [9.17, 15) is 29.6 Å². The number of carbonyl (C=O) groups excluding carboxylic acids is 3. The number of amides is 2. The second-order valence-electron chi connectivity index (χ2n) is 5.82. The smallest absolute Gasteiger partial charge is 0.269 e. The predicted molar refractivity (Wildman–Crippen MR) is 98.7 cm³/mol. The molecule has 0 radical (unpaired) electrons. The summed E-state index contributed by atoms with van der Waals surface area (Å²) in [7, 11) is 0. The van der Waals surface area contributed by atoms with Crippen molar-refractivity contribution < 1.29 is 24.4 Å². The Hall–Kier alpha value is -3.46. The molecule has 1 atom stereocenters. The minimum Gasteiger partial charge on any atom is -0.550 e. The lowest BCUT2D eigenvalue weighted by atomic mass is 10.0. The van der Waals surface area contributed by atoms with Gasteiger partial charge >= 0.3 is 0 Å². The molecule has 2 aromatic rings. The molecule has 0 spiro atoms. The van der Waals surface area contributed by atoms with Crippen LogP contribution in [0.15, 0.2) is 42.5 Å². The van der Waals surface area contributed by atoms with Crippen molar-refractivity contribution >= 4 is 40.8 Å². The molecule has 0 saturated heterocycles. The van der Waals surface area contributed by atoms with Crippen LogP contribution in [0.4, 0.5) is 11.4 Å². The number of nitro groups is 1. The van der Waals surface area contributed by atoms with Gasteiger partial charge in [-0.15, -0.1) is 0 Å². The molecule has 28 heavy (non-hydrogen) atoms. The van der Waals surface area contributed by atoms with Gasteiger partial charge in [-0.1, -0.05) is 11.6 Å². The van der Waals surface area contributed by atoms with E-state index in [-0.39, 0.29) is 27.7 Å². The van der Waals surface area contributed by atoms with Gasteiger partial charge in [-0.2, -0.15) is 0 Å². The zero-order valence-electron chi connectivity index (χ0n) is 14.6. The van der Waals surface area contributed by atoms with Gasteiger partial charge in [0.2, 0.25) is 5.91 Å². The highest BCUT2D eigenvalue weighted by Crippen LogP contribution is 2.29. The van der Waals surface area contributed by atoms with Crippen molar-refractivity contribution in [2.24, 2.45) is 0 Å². The molecule has 0 aliphatic heterocycles. The summed E-state index contributed by atoms with van der Waals surface area (Å²) >= 11 is 6.05. The predicted octanol–water partition coefficient (Wildman–Crippen LogP) is 1.82. The Kier molecular flexibility index (Phi) is 6.67. The van der Waals surface area contributed by atoms with Crippen LogP contribution in [0.1, 0.15) is 35.3 Å². The van der Waals surface area contributed by atoms with Crippen LogP contribution in [0.25, 0.3) is 0 Å². The molecule has 0 fully saturated rings. The number of nitro benzene ring substituents is 1. The summed E-state index contributed by atoms with van der Waals surface area (Å²) in [6.45, 7) is 1.34. The number of benzene rings is 2. The molecule has 0 saturated carbocycles. The lowest BCUT2D eigenvalue weighted by molar-refractivity contribution is -0.385. The Labute approximate surface area is 164 Å². The maximum absolute atomic E-state index is 12.5. The minimum absolute atomic E-state index is 0.0677. The van der Waals surface area contributed by atoms with Gasteiger partial charge in [0.25, 0.3) is 11.6 Å². The lowest BCUT2D eigenvalue weighted by Gasteiger charge is -2.21. The summed E-state index contributed by atoms with van der Waals surface area (Å²) in [5, 5.41) is 27.2. The first-order valence-electron chi connectivity index (χ1n) is 7.99. The minimum atomic E-state index is -1.46. The SMILES string of the molecule is CC(=O)Nc1ccc(C(=O)N[C@H](CC(=O)[O-])c2cc([N+](=O)[O-])ccc2Cl)cc1. The summed E-state index contributed by atoms with van der Waals surface area (Å²) < 4.78 is 0. The van der Waals surface area contributed by atoms with Crippen molar-refractivity contribution in [1.29, 1.82) is 0 Å². The number of rotatable bonds is 7. The summed E-state index contributed by atoms with van der Waals surface area (Å²) in [5.41, 5.74) is 0.469. The molecular formula is C18H15ClN3O6-. The van der Waals surface area contributed by atoms with Crippen LogP contribution in [-0.4, -0.2) is 22.7 Å². The van der Waals surface area contributed by atoms with Crippen molar-refractivity contribution in [3.05, 3.63) is 68.7 Å². The molecule has 2 amide bonds. The van der Waals surface area contributed by atoms with Gasteiger partial charge < -0.3 is 20.5 Å². The zero-order chi connectivity index (χ0) is 20.8. The molecule has 9 nitrogen and oxygen atoms in total. The molecule has 146 valence electrons. The first-order valence-corrected chi connectivity index (χ1v) is 8.37. The van der Waals surface area contributed by atoms with Crippen molar-refractivity contribution in [2.45, 2.75) is 19.4 Å². The zero-order valence-corrected chi connectivity index (χ0v) is 15.4. The number of aliphatic carboxylic acids is 1. The normalized spacial score (nSPS) is 11.4. The lowest BCUT2D eigenvalue weighted by Crippen LogP contribution is -2.34. The summed E-state index contributed by atoms with van der Waals surface area (Å²) in [6, 6.07) is 8.28. The quantitative estimate of drug-likeness (QED) is 0.532. The molecule has 2 rings (SSSR count). The van der Waals surface area contributed by atoms with E-state index in [1.165, 1.54) is 43.3 Å². The summed E-state index contributed by atoms with van der Waals surface area (Å²) in [4.78, 5) is 44.9. The standard InChI is InChI=1S/C18H16ClN3O6/c1-10(23)20-12-4-2-11(3-5-12)18(26)21-16(9-17(24)25)14-8-13(22(27)28)6-7-15(14)19/h2-8,16H,9H2,1H3,(H,20,23)(H,21,26)(H,24,25)/p-1/t16-/m1/s1. The van der Waals surface area contributed by atoms with Gasteiger partial charge in [0.05, 0.1) is 11.0 Å². The van der Waals surface area contributed by atoms with Crippen molar-refractivity contribution in [1.82, 2.24) is 5.32 Å². The van der Waals surface area contributed by atoms with E-state index in [0.717, 1.165) is 6.07 Å². The molecule has 0 unspecified atom stereocenters. The van der Waals surface area contributed by atoms with Gasteiger partial charge in [-0.3, -0.25) is 19.7 Å². The number of carboxylic acid groups (broad SMARTS) is 1. The van der Waals surface area contributed by atoms with Crippen LogP contribution in [0.5, 0.6) is 0 Å². The average Bonchev–Trinajstić information content (AvgIpc) is 2.61. The van der Waals surface area contributed by atoms with Gasteiger partial charge in [0.15, 0.2) is 0 Å². The number of halogens is 1. The number of hydrogen-bond acceptors (Lipinski definition) is 6. The summed E-state index contributed by atoms with van der Waals surface area (Å²) in [5.74, 6) is -2.36. The van der Waals surface area contributed by atoms with E-state index < -0.39 is 29.3 Å². The van der Waals surface area contributed by atoms with E-state index in [4.69, 9.17) is 11.6 Å². The van der Waals surface area contributed by atoms with Gasteiger partial charge in [-0.05, 0) is 30.3 Å². The highest BCUT2D eigenvalue weighted by Gasteiger charge is 2.21. The number of anilines is 1. The van der Waals surface area contributed by atoms with Gasteiger partial charge in [0, 0.05) is 53.3 Å². The largest absolute Gasteiger partial charge is 0.550 e. The highest BCUT2D eigenvalue weighted by atomic mass is 35.5. The highest BCUT2D eigenvalue weighted by molar-refractivity contribution is 6.31. The van der Waals surface area contributed by atoms with Crippen LogP contribution in [0.2, 0.25) is 5.02 Å². The molecule has 0 bridgehead atoms. The van der Waals surface area contributed by atoms with Crippen LogP contribution in [-0.2, 0) is 9.59 Å². The molecule has 0 aromatic heterocycles. The van der Waals surface area contributed by atoms with Crippen molar-refractivity contribution in [3.8, 4) is 0 Å². The molecule has 10 heteroatoms. The third-order valence-electron chi connectivity index (χ3n) is 3.71. The molecule has 0 heterocycles. The van der Waals surface area contributed by atoms with Crippen molar-refractivity contribution in [2.75, 3.05) is 5.32 Å². The van der Waals surface area contributed by atoms with E-state index in [2.05, 4.69) is 10.6 Å². The second kappa shape index (κ2) is 8.96. The molecule has 0 aliphatic rings. The summed E-state index contributed by atoms with van der Waals surface area (Å²) in [6.07, 6.45) is -0.628. The fourth-order valence-electron chi connectivity index (χ4n) is 2.47. The number of nitrogens with one attached hydrogen (secondary N) is 2. The van der Waals surface area contributed by atoms with Crippen LogP contribution in [0, 0.1) is 10.1 Å². The third-order valence-corrected chi connectivity index (χ3v) is 4.05. The maximum atomic E-state index is 12.5. The van der Waals surface area contributed by atoms with Gasteiger partial charge in [-0.25, -0.2) is 0 Å². The van der Waals surface area contributed by atoms with Crippen LogP contribution in [0.3, 0.4) is 0 Å². The third kappa shape index (κ3) is 5.52. The van der Waals surface area contributed by atoms with Crippen molar-refractivity contribution in [3.63, 3.8) is 0 Å². The molecular weight excluding hydrogens is 390 g/mol. The van der Waals surface area contributed by atoms with E-state index in [1.807, 2.05) is 0 Å². The fourth-order valence-corrected chi connectivity index (χ4v) is 2.72. The molecule has 0 aliphatic carbocycles. The number of carboxylic acids is 1. The van der Waals surface area contributed by atoms with Crippen LogP contribution < -0.4 is 15.7 Å². The van der Waals surface area contributed by atoms with Crippen LogP contribution >= 0.6 is 11.6 Å². The first-order chi connectivity index (χ1) is 13.2. The van der Waals surface area contributed by atoms with E-state index in [1.54, 1.807) is 0 Å². The Morgan fingerprint density at radius 1 is 1.14 bits per heavy atom. The number of nitrogens with zero attached hydrogens (tertiary/aromatic N) is 1. The van der Waals surface area contributed by atoms with E-state index >= 15 is 0 Å². The first kappa shape index (κ1) is 20.8. The van der Waals surface area contributed by atoms with E-state index in [0.29, 0.717) is 5.69 Å². The Balaban J connectivity index is 2.28. The Morgan fingerprint density at radius 2 is 1.79 bits per heavy atom. The number of carbonyl (C=O) groups is 3. The Bertz CT molecular complexity index is 929. The second-order valence-corrected chi connectivity index (χ2v) is 6.23. The fraction of sp³-hybridized carbons (Fsp3) is 0.167. The molecule has 2 aromatic carbocycles. The number of non-ortho nitro benzene ring substituents is 1. The topological polar surface area (TPSA) is 141 Å². The Morgan fingerprint density at radius 3 is 2.32 bits per heavy atom. The van der Waals surface area contributed by atoms with Gasteiger partial charge in [0.1, 0.15) is 0 Å². The number of hydrogen-bond donors (Lipinski definition) is 2. The monoisotopic (exact) mass is 404 g/mol.